The van der Waals surface area contributed by atoms with Crippen LogP contribution >= 0.6 is 27.5 Å². The van der Waals surface area contributed by atoms with Crippen LogP contribution in [0.4, 0.5) is 0 Å². The van der Waals surface area contributed by atoms with Gasteiger partial charge in [0.1, 0.15) is 0 Å². The third-order valence-electron chi connectivity index (χ3n) is 2.67. The number of aryl methyl sites for hydroxylation is 2. The van der Waals surface area contributed by atoms with Gasteiger partial charge in [-0.15, -0.1) is 0 Å². The number of benzene rings is 2. The Balaban J connectivity index is 2.44. The summed E-state index contributed by atoms with van der Waals surface area (Å²) in [5.74, 6) is 0.0131. The molecule has 0 aromatic heterocycles. The maximum absolute atomic E-state index is 12.4. The van der Waals surface area contributed by atoms with Crippen LogP contribution in [0.1, 0.15) is 27.0 Å². The van der Waals surface area contributed by atoms with Crippen LogP contribution in [0, 0.1) is 13.8 Å². The molecule has 0 radical (unpaired) electrons. The van der Waals surface area contributed by atoms with E-state index < -0.39 is 0 Å². The molecule has 0 aliphatic carbocycles. The molecule has 0 unspecified atom stereocenters. The molecule has 0 aliphatic heterocycles. The summed E-state index contributed by atoms with van der Waals surface area (Å²) in [7, 11) is 0. The Morgan fingerprint density at radius 2 is 1.61 bits per heavy atom. The van der Waals surface area contributed by atoms with E-state index in [9.17, 15) is 4.79 Å². The van der Waals surface area contributed by atoms with E-state index in [2.05, 4.69) is 22.0 Å². The van der Waals surface area contributed by atoms with Crippen LogP contribution in [0.15, 0.2) is 40.9 Å². The largest absolute Gasteiger partial charge is 0.289 e. The highest BCUT2D eigenvalue weighted by molar-refractivity contribution is 9.10. The highest BCUT2D eigenvalue weighted by atomic mass is 79.9. The number of carbonyl (C=O) groups excluding carboxylic acids is 1. The Bertz CT molecular complexity index is 600. The zero-order valence-electron chi connectivity index (χ0n) is 10.1. The van der Waals surface area contributed by atoms with Crippen molar-refractivity contribution in [1.29, 1.82) is 0 Å². The van der Waals surface area contributed by atoms with Gasteiger partial charge in [0.25, 0.3) is 0 Å². The third kappa shape index (κ3) is 2.82. The number of hydrogen-bond donors (Lipinski definition) is 0. The molecule has 0 saturated heterocycles. The van der Waals surface area contributed by atoms with Crippen LogP contribution in [-0.4, -0.2) is 5.78 Å². The number of rotatable bonds is 2. The maximum Gasteiger partial charge on any atom is 0.193 e. The van der Waals surface area contributed by atoms with E-state index in [4.69, 9.17) is 11.6 Å². The van der Waals surface area contributed by atoms with Crippen molar-refractivity contribution in [3.05, 3.63) is 68.1 Å². The molecule has 2 aromatic carbocycles. The minimum Gasteiger partial charge on any atom is -0.289 e. The normalized spacial score (nSPS) is 10.4. The lowest BCUT2D eigenvalue weighted by molar-refractivity contribution is 0.103. The van der Waals surface area contributed by atoms with E-state index >= 15 is 0 Å². The first-order valence-corrected chi connectivity index (χ1v) is 6.72. The summed E-state index contributed by atoms with van der Waals surface area (Å²) in [6.45, 7) is 3.98. The van der Waals surface area contributed by atoms with Gasteiger partial charge in [-0.05, 0) is 60.1 Å². The topological polar surface area (TPSA) is 17.1 Å². The Labute approximate surface area is 120 Å². The first-order valence-electron chi connectivity index (χ1n) is 5.55. The molecule has 0 spiro atoms. The van der Waals surface area contributed by atoms with Crippen LogP contribution < -0.4 is 0 Å². The van der Waals surface area contributed by atoms with E-state index in [0.717, 1.165) is 15.6 Å². The molecule has 3 heteroatoms. The van der Waals surface area contributed by atoms with Crippen LogP contribution in [0.2, 0.25) is 5.02 Å². The molecule has 0 fully saturated rings. The van der Waals surface area contributed by atoms with Gasteiger partial charge in [-0.2, -0.15) is 0 Å². The summed E-state index contributed by atoms with van der Waals surface area (Å²) in [6, 6.07) is 11.1. The van der Waals surface area contributed by atoms with Crippen molar-refractivity contribution < 1.29 is 4.79 Å². The molecule has 18 heavy (non-hydrogen) atoms. The molecule has 0 amide bonds. The average molecular weight is 324 g/mol. The Kier molecular flexibility index (Phi) is 3.88. The quantitative estimate of drug-likeness (QED) is 0.715. The van der Waals surface area contributed by atoms with Crippen molar-refractivity contribution in [3.8, 4) is 0 Å². The Morgan fingerprint density at radius 3 is 2.17 bits per heavy atom. The van der Waals surface area contributed by atoms with Gasteiger partial charge in [0.2, 0.25) is 0 Å². The zero-order valence-corrected chi connectivity index (χ0v) is 12.5. The fourth-order valence-corrected chi connectivity index (χ4v) is 2.41. The Morgan fingerprint density at radius 1 is 1.00 bits per heavy atom. The third-order valence-corrected chi connectivity index (χ3v) is 3.88. The second kappa shape index (κ2) is 5.25. The van der Waals surface area contributed by atoms with Gasteiger partial charge in [0, 0.05) is 15.6 Å². The molecule has 0 bridgehead atoms. The van der Waals surface area contributed by atoms with Crippen molar-refractivity contribution in [2.45, 2.75) is 13.8 Å². The summed E-state index contributed by atoms with van der Waals surface area (Å²) in [6.07, 6.45) is 0. The van der Waals surface area contributed by atoms with E-state index in [1.165, 1.54) is 0 Å². The van der Waals surface area contributed by atoms with Crippen LogP contribution in [-0.2, 0) is 0 Å². The van der Waals surface area contributed by atoms with E-state index in [1.807, 2.05) is 26.0 Å². The van der Waals surface area contributed by atoms with Gasteiger partial charge in [-0.1, -0.05) is 28.8 Å². The smallest absolute Gasteiger partial charge is 0.193 e. The monoisotopic (exact) mass is 322 g/mol. The fraction of sp³-hybridized carbons (Fsp3) is 0.133. The van der Waals surface area contributed by atoms with E-state index in [-0.39, 0.29) is 5.78 Å². The number of halogens is 2. The van der Waals surface area contributed by atoms with Crippen molar-refractivity contribution in [3.63, 3.8) is 0 Å². The van der Waals surface area contributed by atoms with Crippen molar-refractivity contribution in [2.24, 2.45) is 0 Å². The lowest BCUT2D eigenvalue weighted by Crippen LogP contribution is -2.02. The molecule has 0 heterocycles. The second-order valence-corrected chi connectivity index (χ2v) is 5.60. The lowest BCUT2D eigenvalue weighted by atomic mass is 9.99. The van der Waals surface area contributed by atoms with Crippen LogP contribution in [0.25, 0.3) is 0 Å². The molecule has 0 atom stereocenters. The summed E-state index contributed by atoms with van der Waals surface area (Å²) in [5.41, 5.74) is 3.52. The number of carbonyl (C=O) groups is 1. The minimum absolute atomic E-state index is 0.0131. The lowest BCUT2D eigenvalue weighted by Gasteiger charge is -2.05. The fourth-order valence-electron chi connectivity index (χ4n) is 1.91. The van der Waals surface area contributed by atoms with Crippen molar-refractivity contribution in [1.82, 2.24) is 0 Å². The molecule has 0 aliphatic rings. The van der Waals surface area contributed by atoms with Crippen LogP contribution in [0.5, 0.6) is 0 Å². The SMILES string of the molecule is Cc1cc(C)cc(C(=O)c2ccc(Cl)c(Br)c2)c1. The zero-order chi connectivity index (χ0) is 13.3. The van der Waals surface area contributed by atoms with Gasteiger partial charge in [0.15, 0.2) is 5.78 Å². The van der Waals surface area contributed by atoms with E-state index in [1.54, 1.807) is 18.2 Å². The average Bonchev–Trinajstić information content (AvgIpc) is 2.30. The second-order valence-electron chi connectivity index (χ2n) is 4.33. The van der Waals surface area contributed by atoms with Gasteiger partial charge in [0.05, 0.1) is 5.02 Å². The van der Waals surface area contributed by atoms with Gasteiger partial charge >= 0.3 is 0 Å². The maximum atomic E-state index is 12.4. The molecular formula is C15H12BrClO. The predicted octanol–water partition coefficient (Wildman–Crippen LogP) is 4.95. The molecule has 0 N–H and O–H groups in total. The number of ketones is 1. The molecule has 0 saturated carbocycles. The summed E-state index contributed by atoms with van der Waals surface area (Å²) in [4.78, 5) is 12.4. The molecule has 2 rings (SSSR count). The highest BCUT2D eigenvalue weighted by Gasteiger charge is 2.11. The van der Waals surface area contributed by atoms with Gasteiger partial charge < -0.3 is 0 Å². The van der Waals surface area contributed by atoms with Crippen molar-refractivity contribution in [2.75, 3.05) is 0 Å². The predicted molar refractivity (Wildman–Crippen MR) is 78.5 cm³/mol. The van der Waals surface area contributed by atoms with Gasteiger partial charge in [-0.3, -0.25) is 4.79 Å². The summed E-state index contributed by atoms with van der Waals surface area (Å²) < 4.78 is 0.736. The van der Waals surface area contributed by atoms with Crippen molar-refractivity contribution >= 4 is 33.3 Å². The molecule has 1 nitrogen and oxygen atoms in total. The minimum atomic E-state index is 0.0131. The molecular weight excluding hydrogens is 312 g/mol. The number of hydrogen-bond acceptors (Lipinski definition) is 1. The Hall–Kier alpha value is -1.12. The summed E-state index contributed by atoms with van der Waals surface area (Å²) >= 11 is 9.26. The van der Waals surface area contributed by atoms with Crippen LogP contribution in [0.3, 0.4) is 0 Å². The summed E-state index contributed by atoms with van der Waals surface area (Å²) in [5, 5.41) is 0.604. The highest BCUT2D eigenvalue weighted by Crippen LogP contribution is 2.24. The first kappa shape index (κ1) is 13.3. The standard InChI is InChI=1S/C15H12BrClO/c1-9-5-10(2)7-12(6-9)15(18)11-3-4-14(17)13(16)8-11/h3-8H,1-2H3. The first-order chi connectivity index (χ1) is 8.47. The molecule has 92 valence electrons. The van der Waals surface area contributed by atoms with Gasteiger partial charge in [-0.25, -0.2) is 0 Å². The molecule has 2 aromatic rings. The van der Waals surface area contributed by atoms with E-state index in [0.29, 0.717) is 16.1 Å².